The molecular formula is C18H17ClN2O3. The second-order valence-electron chi connectivity index (χ2n) is 5.61. The Morgan fingerprint density at radius 1 is 1.21 bits per heavy atom. The van der Waals surface area contributed by atoms with Gasteiger partial charge in [-0.1, -0.05) is 29.8 Å². The van der Waals surface area contributed by atoms with E-state index in [9.17, 15) is 9.59 Å². The number of imide groups is 1. The van der Waals surface area contributed by atoms with Crippen LogP contribution in [0.25, 0.3) is 0 Å². The third kappa shape index (κ3) is 2.95. The fourth-order valence-electron chi connectivity index (χ4n) is 2.72. The third-order valence-corrected chi connectivity index (χ3v) is 4.37. The lowest BCUT2D eigenvalue weighted by atomic mass is 10.2. The molecule has 1 aliphatic rings. The van der Waals surface area contributed by atoms with Crippen LogP contribution in [-0.4, -0.2) is 25.0 Å². The van der Waals surface area contributed by atoms with Crippen molar-refractivity contribution in [2.75, 3.05) is 17.3 Å². The number of anilines is 2. The number of halogens is 1. The lowest BCUT2D eigenvalue weighted by Crippen LogP contribution is -2.35. The number of hydrogen-bond donors (Lipinski definition) is 1. The van der Waals surface area contributed by atoms with Gasteiger partial charge in [-0.15, -0.1) is 0 Å². The number of aryl methyl sites for hydroxylation is 1. The van der Waals surface area contributed by atoms with E-state index in [0.717, 1.165) is 11.3 Å². The van der Waals surface area contributed by atoms with Crippen LogP contribution in [0.2, 0.25) is 5.02 Å². The molecule has 1 atom stereocenters. The first kappa shape index (κ1) is 16.3. The monoisotopic (exact) mass is 344 g/mol. The van der Waals surface area contributed by atoms with Gasteiger partial charge in [0.1, 0.15) is 11.8 Å². The molecule has 6 heteroatoms. The first-order valence-corrected chi connectivity index (χ1v) is 7.91. The summed E-state index contributed by atoms with van der Waals surface area (Å²) in [4.78, 5) is 26.3. The molecule has 1 saturated heterocycles. The first-order chi connectivity index (χ1) is 11.5. The van der Waals surface area contributed by atoms with Gasteiger partial charge in [-0.25, -0.2) is 4.90 Å². The fourth-order valence-corrected chi connectivity index (χ4v) is 2.87. The van der Waals surface area contributed by atoms with Crippen molar-refractivity contribution in [3.05, 3.63) is 53.1 Å². The molecule has 0 radical (unpaired) electrons. The summed E-state index contributed by atoms with van der Waals surface area (Å²) < 4.78 is 5.29. The summed E-state index contributed by atoms with van der Waals surface area (Å²) in [5.41, 5.74) is 1.99. The second kappa shape index (κ2) is 6.53. The van der Waals surface area contributed by atoms with E-state index in [0.29, 0.717) is 16.5 Å². The van der Waals surface area contributed by atoms with Crippen LogP contribution in [0.5, 0.6) is 5.75 Å². The number of rotatable bonds is 4. The Kier molecular flexibility index (Phi) is 4.44. The first-order valence-electron chi connectivity index (χ1n) is 7.53. The van der Waals surface area contributed by atoms with Crippen molar-refractivity contribution < 1.29 is 14.3 Å². The van der Waals surface area contributed by atoms with Crippen molar-refractivity contribution in [2.45, 2.75) is 19.4 Å². The molecule has 5 nitrogen and oxygen atoms in total. The van der Waals surface area contributed by atoms with E-state index in [1.807, 2.05) is 37.3 Å². The summed E-state index contributed by atoms with van der Waals surface area (Å²) in [5.74, 6) is -0.176. The van der Waals surface area contributed by atoms with Gasteiger partial charge in [0.15, 0.2) is 0 Å². The summed E-state index contributed by atoms with van der Waals surface area (Å²) in [5, 5.41) is 3.63. The van der Waals surface area contributed by atoms with Crippen LogP contribution < -0.4 is 15.0 Å². The minimum atomic E-state index is -0.597. The molecule has 124 valence electrons. The zero-order chi connectivity index (χ0) is 17.3. The average Bonchev–Trinajstić information content (AvgIpc) is 2.84. The Morgan fingerprint density at radius 3 is 2.58 bits per heavy atom. The fraction of sp³-hybridized carbons (Fsp3) is 0.222. The number of carbonyl (C=O) groups excluding carboxylic acids is 2. The summed E-state index contributed by atoms with van der Waals surface area (Å²) >= 11 is 6.10. The largest absolute Gasteiger partial charge is 0.495 e. The smallest absolute Gasteiger partial charge is 0.256 e. The molecule has 1 aliphatic heterocycles. The number of hydrogen-bond acceptors (Lipinski definition) is 4. The Labute approximate surface area is 145 Å². The molecule has 2 aromatic rings. The van der Waals surface area contributed by atoms with Crippen LogP contribution in [0.15, 0.2) is 42.5 Å². The molecular weight excluding hydrogens is 328 g/mol. The SMILES string of the molecule is COc1cc(Cl)c(C)cc1N1C(=O)C[C@H](Nc2ccccc2)C1=O. The number of benzene rings is 2. The maximum Gasteiger partial charge on any atom is 0.256 e. The summed E-state index contributed by atoms with van der Waals surface area (Å²) in [6.07, 6.45) is 0.0958. The van der Waals surface area contributed by atoms with Gasteiger partial charge in [-0.05, 0) is 30.7 Å². The van der Waals surface area contributed by atoms with Crippen LogP contribution in [0.1, 0.15) is 12.0 Å². The maximum atomic E-state index is 12.7. The standard InChI is InChI=1S/C18H17ClN2O3/c1-11-8-15(16(24-2)9-13(11)19)21-17(22)10-14(18(21)23)20-12-6-4-3-5-7-12/h3-9,14,20H,10H2,1-2H3/t14-/m0/s1. The number of nitrogens with zero attached hydrogens (tertiary/aromatic N) is 1. The Hall–Kier alpha value is -2.53. The molecule has 2 amide bonds. The molecule has 0 aromatic heterocycles. The number of methoxy groups -OCH3 is 1. The lowest BCUT2D eigenvalue weighted by Gasteiger charge is -2.19. The predicted molar refractivity (Wildman–Crippen MR) is 93.7 cm³/mol. The van der Waals surface area contributed by atoms with Crippen LogP contribution >= 0.6 is 11.6 Å². The van der Waals surface area contributed by atoms with Crippen molar-refractivity contribution in [3.8, 4) is 5.75 Å². The normalized spacial score (nSPS) is 17.3. The molecule has 1 heterocycles. The molecule has 0 unspecified atom stereocenters. The highest BCUT2D eigenvalue weighted by Gasteiger charge is 2.41. The lowest BCUT2D eigenvalue weighted by molar-refractivity contribution is -0.121. The minimum Gasteiger partial charge on any atom is -0.495 e. The zero-order valence-electron chi connectivity index (χ0n) is 13.4. The Balaban J connectivity index is 1.91. The van der Waals surface area contributed by atoms with Gasteiger partial charge >= 0.3 is 0 Å². The second-order valence-corrected chi connectivity index (χ2v) is 6.01. The van der Waals surface area contributed by atoms with Gasteiger partial charge in [0.05, 0.1) is 19.2 Å². The van der Waals surface area contributed by atoms with E-state index < -0.39 is 6.04 Å². The number of carbonyl (C=O) groups is 2. The topological polar surface area (TPSA) is 58.6 Å². The van der Waals surface area contributed by atoms with Gasteiger partial charge in [0.2, 0.25) is 5.91 Å². The zero-order valence-corrected chi connectivity index (χ0v) is 14.1. The van der Waals surface area contributed by atoms with E-state index in [1.165, 1.54) is 12.0 Å². The van der Waals surface area contributed by atoms with Crippen molar-refractivity contribution in [1.82, 2.24) is 0 Å². The molecule has 24 heavy (non-hydrogen) atoms. The molecule has 3 rings (SSSR count). The van der Waals surface area contributed by atoms with Gasteiger partial charge in [0, 0.05) is 16.8 Å². The van der Waals surface area contributed by atoms with Gasteiger partial charge in [0.25, 0.3) is 5.91 Å². The molecule has 0 saturated carbocycles. The molecule has 0 aliphatic carbocycles. The maximum absolute atomic E-state index is 12.7. The highest BCUT2D eigenvalue weighted by molar-refractivity contribution is 6.32. The minimum absolute atomic E-state index is 0.0958. The predicted octanol–water partition coefficient (Wildman–Crippen LogP) is 3.40. The molecule has 2 aromatic carbocycles. The van der Waals surface area contributed by atoms with E-state index in [2.05, 4.69) is 5.32 Å². The van der Waals surface area contributed by atoms with Crippen molar-refractivity contribution in [2.24, 2.45) is 0 Å². The highest BCUT2D eigenvalue weighted by Crippen LogP contribution is 2.36. The number of ether oxygens (including phenoxy) is 1. The Bertz CT molecular complexity index is 792. The van der Waals surface area contributed by atoms with E-state index >= 15 is 0 Å². The summed E-state index contributed by atoms with van der Waals surface area (Å²) in [7, 11) is 1.48. The molecule has 0 bridgehead atoms. The van der Waals surface area contributed by atoms with Gasteiger partial charge in [-0.2, -0.15) is 0 Å². The molecule has 1 fully saturated rings. The summed E-state index contributed by atoms with van der Waals surface area (Å²) in [6, 6.07) is 12.0. The molecule has 1 N–H and O–H groups in total. The quantitative estimate of drug-likeness (QED) is 0.864. The van der Waals surface area contributed by atoms with E-state index in [1.54, 1.807) is 12.1 Å². The van der Waals surface area contributed by atoms with E-state index in [-0.39, 0.29) is 18.2 Å². The highest BCUT2D eigenvalue weighted by atomic mass is 35.5. The average molecular weight is 345 g/mol. The van der Waals surface area contributed by atoms with Crippen molar-refractivity contribution >= 4 is 34.8 Å². The van der Waals surface area contributed by atoms with E-state index in [4.69, 9.17) is 16.3 Å². The van der Waals surface area contributed by atoms with Crippen LogP contribution in [0, 0.1) is 6.92 Å². The number of nitrogens with one attached hydrogen (secondary N) is 1. The Morgan fingerprint density at radius 2 is 1.92 bits per heavy atom. The molecule has 0 spiro atoms. The summed E-state index contributed by atoms with van der Waals surface area (Å²) in [6.45, 7) is 1.82. The van der Waals surface area contributed by atoms with Crippen molar-refractivity contribution in [1.29, 1.82) is 0 Å². The number of para-hydroxylation sites is 1. The van der Waals surface area contributed by atoms with Crippen LogP contribution in [0.4, 0.5) is 11.4 Å². The van der Waals surface area contributed by atoms with Crippen LogP contribution in [-0.2, 0) is 9.59 Å². The van der Waals surface area contributed by atoms with Crippen LogP contribution in [0.3, 0.4) is 0 Å². The number of amides is 2. The van der Waals surface area contributed by atoms with Gasteiger partial charge in [-0.3, -0.25) is 9.59 Å². The third-order valence-electron chi connectivity index (χ3n) is 3.96. The van der Waals surface area contributed by atoms with Crippen molar-refractivity contribution in [3.63, 3.8) is 0 Å². The van der Waals surface area contributed by atoms with Gasteiger partial charge < -0.3 is 10.1 Å².